The number of nitrogens with two attached hydrogens (primary N) is 1. The minimum atomic E-state index is 0.426. The topological polar surface area (TPSA) is 35.2 Å². The summed E-state index contributed by atoms with van der Waals surface area (Å²) in [4.78, 5) is 0.426. The van der Waals surface area contributed by atoms with E-state index < -0.39 is 0 Å². The number of ether oxygens (including phenoxy) is 1. The van der Waals surface area contributed by atoms with Gasteiger partial charge in [0.15, 0.2) is 0 Å². The lowest BCUT2D eigenvalue weighted by atomic mass is 10.0. The zero-order chi connectivity index (χ0) is 15.4. The Morgan fingerprint density at radius 1 is 1.14 bits per heavy atom. The quantitative estimate of drug-likeness (QED) is 0.835. The van der Waals surface area contributed by atoms with Crippen LogP contribution in [0.3, 0.4) is 0 Å². The van der Waals surface area contributed by atoms with Crippen molar-refractivity contribution in [3.63, 3.8) is 0 Å². The van der Waals surface area contributed by atoms with Gasteiger partial charge in [0.1, 0.15) is 17.3 Å². The molecule has 0 saturated heterocycles. The Bertz CT molecular complexity index is 632. The van der Waals surface area contributed by atoms with Gasteiger partial charge >= 0.3 is 0 Å². The average Bonchev–Trinajstić information content (AvgIpc) is 2.46. The zero-order valence-electron chi connectivity index (χ0n) is 12.7. The minimum absolute atomic E-state index is 0.426. The molecule has 2 rings (SSSR count). The van der Waals surface area contributed by atoms with Gasteiger partial charge in [0.05, 0.1) is 0 Å². The van der Waals surface area contributed by atoms with Crippen molar-refractivity contribution in [3.8, 4) is 5.75 Å². The lowest BCUT2D eigenvalue weighted by Gasteiger charge is -2.11. The van der Waals surface area contributed by atoms with Crippen LogP contribution in [0.5, 0.6) is 5.75 Å². The Labute approximate surface area is 131 Å². The normalized spacial score (nSPS) is 10.7. The average molecular weight is 299 g/mol. The van der Waals surface area contributed by atoms with Gasteiger partial charge in [-0.2, -0.15) is 0 Å². The second kappa shape index (κ2) is 6.72. The summed E-state index contributed by atoms with van der Waals surface area (Å²) in [6.07, 6.45) is 0. The zero-order valence-corrected chi connectivity index (χ0v) is 13.5. The van der Waals surface area contributed by atoms with Crippen molar-refractivity contribution in [2.24, 2.45) is 5.73 Å². The molecule has 0 aliphatic carbocycles. The fraction of sp³-hybridized carbons (Fsp3) is 0.278. The molecule has 110 valence electrons. The van der Waals surface area contributed by atoms with E-state index in [9.17, 15) is 0 Å². The molecule has 21 heavy (non-hydrogen) atoms. The van der Waals surface area contributed by atoms with Crippen LogP contribution >= 0.6 is 12.2 Å². The molecule has 0 fully saturated rings. The van der Waals surface area contributed by atoms with Crippen LogP contribution in [0.15, 0.2) is 42.5 Å². The molecule has 0 amide bonds. The van der Waals surface area contributed by atoms with Gasteiger partial charge in [-0.3, -0.25) is 0 Å². The van der Waals surface area contributed by atoms with E-state index in [1.807, 2.05) is 37.3 Å². The third kappa shape index (κ3) is 4.05. The molecule has 3 heteroatoms. The van der Waals surface area contributed by atoms with Crippen molar-refractivity contribution in [1.82, 2.24) is 0 Å². The summed E-state index contributed by atoms with van der Waals surface area (Å²) in [5.41, 5.74) is 10.1. The third-order valence-electron chi connectivity index (χ3n) is 3.57. The molecule has 2 aromatic rings. The van der Waals surface area contributed by atoms with Crippen LogP contribution in [0, 0.1) is 6.92 Å². The first-order chi connectivity index (χ1) is 9.97. The van der Waals surface area contributed by atoms with Crippen LogP contribution in [-0.4, -0.2) is 4.99 Å². The molecular weight excluding hydrogens is 278 g/mol. The van der Waals surface area contributed by atoms with Gasteiger partial charge in [-0.1, -0.05) is 50.3 Å². The first-order valence-corrected chi connectivity index (χ1v) is 7.50. The van der Waals surface area contributed by atoms with Gasteiger partial charge in [-0.25, -0.2) is 0 Å². The molecule has 0 saturated carbocycles. The summed E-state index contributed by atoms with van der Waals surface area (Å²) in [7, 11) is 0. The number of rotatable bonds is 5. The number of benzene rings is 2. The summed E-state index contributed by atoms with van der Waals surface area (Å²) in [5, 5.41) is 0. The van der Waals surface area contributed by atoms with Gasteiger partial charge in [0.2, 0.25) is 0 Å². The van der Waals surface area contributed by atoms with Crippen LogP contribution in [0.2, 0.25) is 0 Å². The van der Waals surface area contributed by atoms with Crippen LogP contribution in [0.4, 0.5) is 0 Å². The highest BCUT2D eigenvalue weighted by Gasteiger charge is 2.04. The highest BCUT2D eigenvalue weighted by atomic mass is 32.1. The molecule has 0 unspecified atom stereocenters. The maximum Gasteiger partial charge on any atom is 0.119 e. The largest absolute Gasteiger partial charge is 0.489 e. The Hall–Kier alpha value is -1.87. The van der Waals surface area contributed by atoms with E-state index in [0.29, 0.717) is 17.5 Å². The Morgan fingerprint density at radius 3 is 2.33 bits per heavy atom. The van der Waals surface area contributed by atoms with Gasteiger partial charge < -0.3 is 10.5 Å². The standard InChI is InChI=1S/C18H21NOS/c1-12(2)14-6-8-17(9-7-14)20-11-16-5-4-15(18(19)21)10-13(16)3/h4-10,12H,11H2,1-3H3,(H2,19,21). The molecule has 0 bridgehead atoms. The second-order valence-electron chi connectivity index (χ2n) is 5.52. The third-order valence-corrected chi connectivity index (χ3v) is 3.80. The van der Waals surface area contributed by atoms with E-state index in [1.165, 1.54) is 5.56 Å². The molecule has 0 aliphatic heterocycles. The fourth-order valence-corrected chi connectivity index (χ4v) is 2.25. The smallest absolute Gasteiger partial charge is 0.119 e. The van der Waals surface area contributed by atoms with E-state index in [4.69, 9.17) is 22.7 Å². The molecule has 0 heterocycles. The Morgan fingerprint density at radius 2 is 1.81 bits per heavy atom. The maximum atomic E-state index is 5.84. The van der Waals surface area contributed by atoms with Crippen molar-refractivity contribution in [2.45, 2.75) is 33.3 Å². The SMILES string of the molecule is Cc1cc(C(N)=S)ccc1COc1ccc(C(C)C)cc1. The van der Waals surface area contributed by atoms with E-state index in [1.54, 1.807) is 0 Å². The number of hydrogen-bond acceptors (Lipinski definition) is 2. The highest BCUT2D eigenvalue weighted by Crippen LogP contribution is 2.20. The van der Waals surface area contributed by atoms with Crippen molar-refractivity contribution in [1.29, 1.82) is 0 Å². The van der Waals surface area contributed by atoms with Gasteiger partial charge in [0, 0.05) is 5.56 Å². The summed E-state index contributed by atoms with van der Waals surface area (Å²) in [5.74, 6) is 1.42. The minimum Gasteiger partial charge on any atom is -0.489 e. The van der Waals surface area contributed by atoms with Crippen LogP contribution < -0.4 is 10.5 Å². The lowest BCUT2D eigenvalue weighted by molar-refractivity contribution is 0.305. The molecule has 0 spiro atoms. The lowest BCUT2D eigenvalue weighted by Crippen LogP contribution is -2.10. The van der Waals surface area contributed by atoms with Crippen LogP contribution in [-0.2, 0) is 6.61 Å². The van der Waals surface area contributed by atoms with Crippen LogP contribution in [0.25, 0.3) is 0 Å². The van der Waals surface area contributed by atoms with Gasteiger partial charge in [-0.15, -0.1) is 0 Å². The molecular formula is C18H21NOS. The van der Waals surface area contributed by atoms with E-state index in [-0.39, 0.29) is 0 Å². The fourth-order valence-electron chi connectivity index (χ4n) is 2.12. The second-order valence-corrected chi connectivity index (χ2v) is 5.96. The molecule has 0 atom stereocenters. The van der Waals surface area contributed by atoms with Crippen molar-refractivity contribution in [3.05, 3.63) is 64.7 Å². The Balaban J connectivity index is 2.04. The number of aryl methyl sites for hydroxylation is 1. The molecule has 2 aromatic carbocycles. The summed E-state index contributed by atoms with van der Waals surface area (Å²) in [6, 6.07) is 14.2. The van der Waals surface area contributed by atoms with Gasteiger partial charge in [-0.05, 0) is 47.7 Å². The first-order valence-electron chi connectivity index (χ1n) is 7.09. The number of hydrogen-bond donors (Lipinski definition) is 1. The number of thiocarbonyl (C=S) groups is 1. The van der Waals surface area contributed by atoms with Gasteiger partial charge in [0.25, 0.3) is 0 Å². The molecule has 2 nitrogen and oxygen atoms in total. The molecule has 0 radical (unpaired) electrons. The first kappa shape index (κ1) is 15.5. The van der Waals surface area contributed by atoms with Crippen molar-refractivity contribution >= 4 is 17.2 Å². The summed E-state index contributed by atoms with van der Waals surface area (Å²) in [6.45, 7) is 6.96. The molecule has 2 N–H and O–H groups in total. The maximum absolute atomic E-state index is 5.84. The highest BCUT2D eigenvalue weighted by molar-refractivity contribution is 7.80. The van der Waals surface area contributed by atoms with E-state index >= 15 is 0 Å². The monoisotopic (exact) mass is 299 g/mol. The van der Waals surface area contributed by atoms with Crippen LogP contribution in [0.1, 0.15) is 42.0 Å². The van der Waals surface area contributed by atoms with E-state index in [0.717, 1.165) is 22.4 Å². The summed E-state index contributed by atoms with van der Waals surface area (Å²) >= 11 is 4.99. The van der Waals surface area contributed by atoms with Crippen molar-refractivity contribution in [2.75, 3.05) is 0 Å². The Kier molecular flexibility index (Phi) is 4.97. The predicted molar refractivity (Wildman–Crippen MR) is 91.9 cm³/mol. The van der Waals surface area contributed by atoms with Crippen molar-refractivity contribution < 1.29 is 4.74 Å². The van der Waals surface area contributed by atoms with E-state index in [2.05, 4.69) is 26.0 Å². The predicted octanol–water partition coefficient (Wildman–Crippen LogP) is 4.33. The molecule has 0 aromatic heterocycles. The summed E-state index contributed by atoms with van der Waals surface area (Å²) < 4.78 is 5.84. The molecule has 0 aliphatic rings.